The molecule has 2 heterocycles. The molecular weight excluding hydrogens is 346 g/mol. The predicted molar refractivity (Wildman–Crippen MR) is 101 cm³/mol. The van der Waals surface area contributed by atoms with Crippen LogP contribution in [0.2, 0.25) is 0 Å². The number of hydrogen-bond donors (Lipinski definition) is 0. The number of hydrogen-bond acceptors (Lipinski definition) is 5. The van der Waals surface area contributed by atoms with Gasteiger partial charge in [-0.2, -0.15) is 5.10 Å². The lowest BCUT2D eigenvalue weighted by Gasteiger charge is -2.16. The lowest BCUT2D eigenvalue weighted by Crippen LogP contribution is -2.26. The molecule has 4 aromatic rings. The number of amides is 1. The second kappa shape index (κ2) is 7.05. The van der Waals surface area contributed by atoms with Gasteiger partial charge in [-0.15, -0.1) is 11.3 Å². The van der Waals surface area contributed by atoms with Crippen molar-refractivity contribution in [3.8, 4) is 0 Å². The predicted octanol–water partition coefficient (Wildman–Crippen LogP) is 3.21. The molecular formula is C19H17N5OS. The Bertz CT molecular complexity index is 991. The van der Waals surface area contributed by atoms with Crippen LogP contribution in [-0.2, 0) is 13.1 Å². The SMILES string of the molecule is CN(Cc1nc2ccccc2s1)C(=O)c1ccc(Cn2cncn2)cc1. The van der Waals surface area contributed by atoms with Crippen molar-refractivity contribution in [3.05, 3.63) is 77.3 Å². The van der Waals surface area contributed by atoms with Crippen LogP contribution < -0.4 is 0 Å². The number of thiazole rings is 1. The Hall–Kier alpha value is -3.06. The Morgan fingerprint density at radius 1 is 1.15 bits per heavy atom. The quantitative estimate of drug-likeness (QED) is 0.546. The number of benzene rings is 2. The molecule has 6 nitrogen and oxygen atoms in total. The van der Waals surface area contributed by atoms with E-state index in [2.05, 4.69) is 15.1 Å². The van der Waals surface area contributed by atoms with Gasteiger partial charge in [0.05, 0.1) is 23.3 Å². The average Bonchev–Trinajstić information content (AvgIpc) is 3.30. The van der Waals surface area contributed by atoms with Crippen LogP contribution in [-0.4, -0.2) is 37.6 Å². The van der Waals surface area contributed by atoms with Gasteiger partial charge in [0, 0.05) is 12.6 Å². The highest BCUT2D eigenvalue weighted by molar-refractivity contribution is 7.18. The van der Waals surface area contributed by atoms with Crippen molar-refractivity contribution in [3.63, 3.8) is 0 Å². The number of nitrogens with zero attached hydrogens (tertiary/aromatic N) is 5. The van der Waals surface area contributed by atoms with E-state index in [4.69, 9.17) is 0 Å². The van der Waals surface area contributed by atoms with Crippen molar-refractivity contribution in [1.82, 2.24) is 24.6 Å². The smallest absolute Gasteiger partial charge is 0.253 e. The molecule has 0 aliphatic carbocycles. The van der Waals surface area contributed by atoms with E-state index in [1.165, 1.54) is 6.33 Å². The van der Waals surface area contributed by atoms with Crippen LogP contribution >= 0.6 is 11.3 Å². The second-order valence-corrected chi connectivity index (χ2v) is 7.14. The van der Waals surface area contributed by atoms with Crippen molar-refractivity contribution in [1.29, 1.82) is 0 Å². The van der Waals surface area contributed by atoms with Crippen molar-refractivity contribution in [2.45, 2.75) is 13.1 Å². The van der Waals surface area contributed by atoms with Crippen LogP contribution in [0.3, 0.4) is 0 Å². The van der Waals surface area contributed by atoms with E-state index in [0.717, 1.165) is 20.8 Å². The third-order valence-electron chi connectivity index (χ3n) is 4.07. The van der Waals surface area contributed by atoms with Crippen molar-refractivity contribution in [2.75, 3.05) is 7.05 Å². The standard InChI is InChI=1S/C19H17N5OS/c1-23(11-18-22-16-4-2-3-5-17(16)26-18)19(25)15-8-6-14(7-9-15)10-24-13-20-12-21-24/h2-9,12-13H,10-11H2,1H3. The van der Waals surface area contributed by atoms with Crippen LogP contribution in [0, 0.1) is 0 Å². The summed E-state index contributed by atoms with van der Waals surface area (Å²) in [5.41, 5.74) is 2.71. The van der Waals surface area contributed by atoms with Gasteiger partial charge in [-0.05, 0) is 29.8 Å². The molecule has 0 bridgehead atoms. The maximum Gasteiger partial charge on any atom is 0.253 e. The molecule has 26 heavy (non-hydrogen) atoms. The molecule has 130 valence electrons. The molecule has 0 fully saturated rings. The lowest BCUT2D eigenvalue weighted by molar-refractivity contribution is 0.0785. The molecule has 2 aromatic carbocycles. The van der Waals surface area contributed by atoms with E-state index >= 15 is 0 Å². The first-order valence-electron chi connectivity index (χ1n) is 8.20. The number of para-hydroxylation sites is 1. The Kier molecular flexibility index (Phi) is 4.45. The molecule has 0 spiro atoms. The summed E-state index contributed by atoms with van der Waals surface area (Å²) in [7, 11) is 1.80. The van der Waals surface area contributed by atoms with Crippen LogP contribution in [0.5, 0.6) is 0 Å². The third kappa shape index (κ3) is 3.48. The first-order valence-corrected chi connectivity index (χ1v) is 9.02. The minimum atomic E-state index is -0.0171. The highest BCUT2D eigenvalue weighted by Gasteiger charge is 2.14. The molecule has 0 radical (unpaired) electrons. The average molecular weight is 363 g/mol. The van der Waals surface area contributed by atoms with Crippen molar-refractivity contribution in [2.24, 2.45) is 0 Å². The fourth-order valence-electron chi connectivity index (χ4n) is 2.74. The van der Waals surface area contributed by atoms with E-state index in [-0.39, 0.29) is 5.91 Å². The normalized spacial score (nSPS) is 11.0. The van der Waals surface area contributed by atoms with Gasteiger partial charge in [-0.25, -0.2) is 14.6 Å². The minimum Gasteiger partial charge on any atom is -0.335 e. The summed E-state index contributed by atoms with van der Waals surface area (Å²) in [5.74, 6) is -0.0171. The fourth-order valence-corrected chi connectivity index (χ4v) is 3.76. The maximum absolute atomic E-state index is 12.7. The molecule has 0 aliphatic heterocycles. The fraction of sp³-hybridized carbons (Fsp3) is 0.158. The molecule has 0 N–H and O–H groups in total. The summed E-state index contributed by atoms with van der Waals surface area (Å²) in [5, 5.41) is 5.02. The van der Waals surface area contributed by atoms with Gasteiger partial charge in [0.1, 0.15) is 17.7 Å². The number of aromatic nitrogens is 4. The zero-order chi connectivity index (χ0) is 17.9. The number of fused-ring (bicyclic) bond motifs is 1. The van der Waals surface area contributed by atoms with E-state index < -0.39 is 0 Å². The second-order valence-electron chi connectivity index (χ2n) is 6.03. The molecule has 7 heteroatoms. The molecule has 0 atom stereocenters. The van der Waals surface area contributed by atoms with Gasteiger partial charge >= 0.3 is 0 Å². The maximum atomic E-state index is 12.7. The first kappa shape index (κ1) is 16.4. The highest BCUT2D eigenvalue weighted by Crippen LogP contribution is 2.22. The van der Waals surface area contributed by atoms with Crippen LogP contribution in [0.1, 0.15) is 20.9 Å². The monoisotopic (exact) mass is 363 g/mol. The van der Waals surface area contributed by atoms with Gasteiger partial charge < -0.3 is 4.90 Å². The Labute approximate surface area is 154 Å². The van der Waals surface area contributed by atoms with E-state index in [1.807, 2.05) is 48.5 Å². The summed E-state index contributed by atoms with van der Waals surface area (Å²) in [6.45, 7) is 1.13. The van der Waals surface area contributed by atoms with E-state index in [1.54, 1.807) is 34.3 Å². The number of rotatable bonds is 5. The third-order valence-corrected chi connectivity index (χ3v) is 5.09. The molecule has 4 rings (SSSR count). The Morgan fingerprint density at radius 3 is 2.69 bits per heavy atom. The molecule has 0 saturated heterocycles. The summed E-state index contributed by atoms with van der Waals surface area (Å²) in [6, 6.07) is 15.6. The van der Waals surface area contributed by atoms with Crippen molar-refractivity contribution < 1.29 is 4.79 Å². The van der Waals surface area contributed by atoms with Gasteiger partial charge in [0.25, 0.3) is 5.91 Å². The highest BCUT2D eigenvalue weighted by atomic mass is 32.1. The molecule has 0 aliphatic rings. The zero-order valence-corrected chi connectivity index (χ0v) is 15.1. The number of carbonyl (C=O) groups is 1. The van der Waals surface area contributed by atoms with Crippen molar-refractivity contribution >= 4 is 27.5 Å². The molecule has 0 unspecified atom stereocenters. The van der Waals surface area contributed by atoms with Gasteiger partial charge in [-0.3, -0.25) is 4.79 Å². The summed E-state index contributed by atoms with van der Waals surface area (Å²) >= 11 is 1.62. The zero-order valence-electron chi connectivity index (χ0n) is 14.2. The van der Waals surface area contributed by atoms with E-state index in [0.29, 0.717) is 18.7 Å². The summed E-state index contributed by atoms with van der Waals surface area (Å²) in [6.07, 6.45) is 3.18. The van der Waals surface area contributed by atoms with Crippen LogP contribution in [0.4, 0.5) is 0 Å². The molecule has 2 aromatic heterocycles. The van der Waals surface area contributed by atoms with Gasteiger partial charge in [-0.1, -0.05) is 24.3 Å². The molecule has 0 saturated carbocycles. The largest absolute Gasteiger partial charge is 0.335 e. The topological polar surface area (TPSA) is 63.9 Å². The summed E-state index contributed by atoms with van der Waals surface area (Å²) in [4.78, 5) is 22.9. The Morgan fingerprint density at radius 2 is 1.96 bits per heavy atom. The van der Waals surface area contributed by atoms with E-state index in [9.17, 15) is 4.79 Å². The van der Waals surface area contributed by atoms with Crippen LogP contribution in [0.15, 0.2) is 61.2 Å². The van der Waals surface area contributed by atoms with Crippen LogP contribution in [0.25, 0.3) is 10.2 Å². The van der Waals surface area contributed by atoms with Gasteiger partial charge in [0.2, 0.25) is 0 Å². The number of carbonyl (C=O) groups excluding carboxylic acids is 1. The molecule has 1 amide bonds. The Balaban J connectivity index is 1.44. The van der Waals surface area contributed by atoms with Gasteiger partial charge in [0.15, 0.2) is 0 Å². The summed E-state index contributed by atoms with van der Waals surface area (Å²) < 4.78 is 2.89. The first-order chi connectivity index (χ1) is 12.7. The minimum absolute atomic E-state index is 0.0171. The lowest BCUT2D eigenvalue weighted by atomic mass is 10.1.